The number of rotatable bonds is 4. The van der Waals surface area contributed by atoms with Crippen LogP contribution in [-0.2, 0) is 10.0 Å². The third kappa shape index (κ3) is 3.26. The molecule has 24 heavy (non-hydrogen) atoms. The van der Waals surface area contributed by atoms with Crippen molar-refractivity contribution < 1.29 is 13.2 Å². The van der Waals surface area contributed by atoms with Gasteiger partial charge in [0.2, 0.25) is 0 Å². The molecule has 1 amide bonds. The lowest BCUT2D eigenvalue weighted by atomic mass is 10.2. The van der Waals surface area contributed by atoms with Crippen molar-refractivity contribution >= 4 is 27.5 Å². The summed E-state index contributed by atoms with van der Waals surface area (Å²) >= 11 is 5.91. The maximum absolute atomic E-state index is 12.4. The van der Waals surface area contributed by atoms with E-state index in [9.17, 15) is 13.2 Å². The van der Waals surface area contributed by atoms with E-state index >= 15 is 0 Å². The Morgan fingerprint density at radius 2 is 1.92 bits per heavy atom. The highest BCUT2D eigenvalue weighted by molar-refractivity contribution is 7.90. The number of benzene rings is 2. The summed E-state index contributed by atoms with van der Waals surface area (Å²) in [6.45, 7) is 0. The Morgan fingerprint density at radius 1 is 1.12 bits per heavy atom. The topological polar surface area (TPSA) is 107 Å². The Kier molecular flexibility index (Phi) is 4.28. The van der Waals surface area contributed by atoms with Gasteiger partial charge >= 0.3 is 0 Å². The molecule has 0 aliphatic heterocycles. The number of halogens is 1. The summed E-state index contributed by atoms with van der Waals surface area (Å²) in [6.07, 6.45) is 1.33. The minimum absolute atomic E-state index is 0.0689. The molecule has 2 aromatic carbocycles. The maximum Gasteiger partial charge on any atom is 0.266 e. The molecule has 1 N–H and O–H groups in total. The molecule has 3 aromatic rings. The Morgan fingerprint density at radius 3 is 2.62 bits per heavy atom. The van der Waals surface area contributed by atoms with E-state index in [1.54, 1.807) is 18.2 Å². The predicted octanol–water partition coefficient (Wildman–Crippen LogP) is 1.43. The summed E-state index contributed by atoms with van der Waals surface area (Å²) in [4.78, 5) is 12.1. The largest absolute Gasteiger partial charge is 0.268 e. The molecule has 8 nitrogen and oxygen atoms in total. The van der Waals surface area contributed by atoms with Crippen molar-refractivity contribution in [2.45, 2.75) is 4.90 Å². The van der Waals surface area contributed by atoms with Gasteiger partial charge in [0.1, 0.15) is 6.33 Å². The van der Waals surface area contributed by atoms with Gasteiger partial charge in [-0.2, -0.15) is 0 Å². The van der Waals surface area contributed by atoms with E-state index in [-0.39, 0.29) is 15.5 Å². The molecule has 3 rings (SSSR count). The SMILES string of the molecule is O=C(NS(=O)(=O)c1cccc(-n2cnnn2)c1)c1ccccc1Cl. The highest BCUT2D eigenvalue weighted by atomic mass is 35.5. The van der Waals surface area contributed by atoms with E-state index in [2.05, 4.69) is 15.5 Å². The highest BCUT2D eigenvalue weighted by Gasteiger charge is 2.20. The van der Waals surface area contributed by atoms with Crippen molar-refractivity contribution in [3.63, 3.8) is 0 Å². The summed E-state index contributed by atoms with van der Waals surface area (Å²) in [6, 6.07) is 12.0. The molecule has 0 aliphatic rings. The first-order valence-electron chi connectivity index (χ1n) is 6.62. The third-order valence-electron chi connectivity index (χ3n) is 3.09. The number of hydrogen-bond acceptors (Lipinski definition) is 6. The van der Waals surface area contributed by atoms with E-state index in [0.29, 0.717) is 5.69 Å². The highest BCUT2D eigenvalue weighted by Crippen LogP contribution is 2.17. The van der Waals surface area contributed by atoms with Crippen LogP contribution in [0.2, 0.25) is 5.02 Å². The van der Waals surface area contributed by atoms with Gasteiger partial charge in [-0.1, -0.05) is 29.8 Å². The number of nitrogens with zero attached hydrogens (tertiary/aromatic N) is 4. The van der Waals surface area contributed by atoms with Gasteiger partial charge in [0.25, 0.3) is 15.9 Å². The van der Waals surface area contributed by atoms with Crippen LogP contribution in [-0.4, -0.2) is 34.5 Å². The third-order valence-corrected chi connectivity index (χ3v) is 4.75. The van der Waals surface area contributed by atoms with Crippen molar-refractivity contribution in [3.05, 3.63) is 65.4 Å². The lowest BCUT2D eigenvalue weighted by Crippen LogP contribution is -2.30. The number of carbonyl (C=O) groups excluding carboxylic acids is 1. The predicted molar refractivity (Wildman–Crippen MR) is 85.3 cm³/mol. The molecular formula is C14H10ClN5O3S. The zero-order valence-corrected chi connectivity index (χ0v) is 13.6. The lowest BCUT2D eigenvalue weighted by molar-refractivity contribution is 0.0981. The summed E-state index contributed by atoms with van der Waals surface area (Å²) in [7, 11) is -4.08. The molecule has 0 atom stereocenters. The summed E-state index contributed by atoms with van der Waals surface area (Å²) in [5, 5.41) is 10.8. The van der Waals surface area contributed by atoms with Crippen molar-refractivity contribution in [2.24, 2.45) is 0 Å². The molecule has 0 aliphatic carbocycles. The Bertz CT molecular complexity index is 989. The van der Waals surface area contributed by atoms with Gasteiger partial charge in [-0.25, -0.2) is 17.8 Å². The van der Waals surface area contributed by atoms with Crippen LogP contribution >= 0.6 is 11.6 Å². The summed E-state index contributed by atoms with van der Waals surface area (Å²) in [5.74, 6) is -0.812. The minimum atomic E-state index is -4.08. The molecule has 0 fully saturated rings. The van der Waals surface area contributed by atoms with E-state index in [4.69, 9.17) is 11.6 Å². The van der Waals surface area contributed by atoms with Gasteiger partial charge in [0.15, 0.2) is 0 Å². The van der Waals surface area contributed by atoms with Gasteiger partial charge in [0.05, 0.1) is 21.2 Å². The van der Waals surface area contributed by atoms with Crippen LogP contribution in [0.1, 0.15) is 10.4 Å². The molecule has 0 spiro atoms. The second kappa shape index (κ2) is 6.38. The van der Waals surface area contributed by atoms with Crippen molar-refractivity contribution in [1.29, 1.82) is 0 Å². The fourth-order valence-electron chi connectivity index (χ4n) is 1.95. The molecule has 0 saturated heterocycles. The van der Waals surface area contributed by atoms with Crippen molar-refractivity contribution in [2.75, 3.05) is 0 Å². The molecule has 0 saturated carbocycles. The number of nitrogens with one attached hydrogen (secondary N) is 1. The number of amides is 1. The monoisotopic (exact) mass is 363 g/mol. The first kappa shape index (κ1) is 16.1. The molecule has 1 heterocycles. The quantitative estimate of drug-likeness (QED) is 0.751. The number of hydrogen-bond donors (Lipinski definition) is 1. The summed E-state index contributed by atoms with van der Waals surface area (Å²) < 4.78 is 28.1. The van der Waals surface area contributed by atoms with E-state index in [1.807, 2.05) is 4.72 Å². The second-order valence-electron chi connectivity index (χ2n) is 4.67. The molecule has 10 heteroatoms. The van der Waals surface area contributed by atoms with Crippen LogP contribution in [0.25, 0.3) is 5.69 Å². The van der Waals surface area contributed by atoms with Crippen LogP contribution in [0.3, 0.4) is 0 Å². The van der Waals surface area contributed by atoms with Gasteiger partial charge in [0, 0.05) is 0 Å². The molecule has 1 aromatic heterocycles. The first-order valence-corrected chi connectivity index (χ1v) is 8.48. The Labute approximate surface area is 142 Å². The maximum atomic E-state index is 12.4. The van der Waals surface area contributed by atoms with Gasteiger partial charge in [-0.15, -0.1) is 5.10 Å². The zero-order valence-electron chi connectivity index (χ0n) is 12.0. The number of carbonyl (C=O) groups is 1. The van der Waals surface area contributed by atoms with Crippen molar-refractivity contribution in [1.82, 2.24) is 24.9 Å². The summed E-state index contributed by atoms with van der Waals surface area (Å²) in [5.41, 5.74) is 0.507. The van der Waals surface area contributed by atoms with Crippen LogP contribution in [0, 0.1) is 0 Å². The molecular weight excluding hydrogens is 354 g/mol. The normalized spacial score (nSPS) is 11.2. The van der Waals surface area contributed by atoms with E-state index in [0.717, 1.165) is 0 Å². The van der Waals surface area contributed by atoms with Crippen LogP contribution in [0.15, 0.2) is 59.8 Å². The van der Waals surface area contributed by atoms with Gasteiger partial charge in [-0.3, -0.25) is 4.79 Å². The molecule has 0 radical (unpaired) electrons. The molecule has 122 valence electrons. The van der Waals surface area contributed by atoms with Gasteiger partial charge in [-0.05, 0) is 40.8 Å². The number of tetrazole rings is 1. The van der Waals surface area contributed by atoms with Crippen LogP contribution in [0.5, 0.6) is 0 Å². The second-order valence-corrected chi connectivity index (χ2v) is 6.76. The fourth-order valence-corrected chi connectivity index (χ4v) is 3.18. The van der Waals surface area contributed by atoms with Gasteiger partial charge < -0.3 is 0 Å². The standard InChI is InChI=1S/C14H10ClN5O3S/c15-13-7-2-1-6-12(13)14(21)17-24(22,23)11-5-3-4-10(8-11)20-9-16-18-19-20/h1-9H,(H,17,21). The number of sulfonamides is 1. The van der Waals surface area contributed by atoms with E-state index < -0.39 is 15.9 Å². The zero-order chi connectivity index (χ0) is 17.2. The van der Waals surface area contributed by atoms with Crippen molar-refractivity contribution in [3.8, 4) is 5.69 Å². The molecule has 0 bridgehead atoms. The average Bonchev–Trinajstić information content (AvgIpc) is 3.09. The lowest BCUT2D eigenvalue weighted by Gasteiger charge is -2.09. The minimum Gasteiger partial charge on any atom is -0.268 e. The first-order chi connectivity index (χ1) is 11.5. The Hall–Kier alpha value is -2.78. The fraction of sp³-hybridized carbons (Fsp3) is 0. The van der Waals surface area contributed by atoms with E-state index in [1.165, 1.54) is 41.3 Å². The molecule has 0 unspecified atom stereocenters. The smallest absolute Gasteiger partial charge is 0.266 e. The van der Waals surface area contributed by atoms with Crippen LogP contribution < -0.4 is 4.72 Å². The van der Waals surface area contributed by atoms with Crippen LogP contribution in [0.4, 0.5) is 0 Å². The Balaban J connectivity index is 1.90. The average molecular weight is 364 g/mol. The number of aromatic nitrogens is 4.